The smallest absolute Gasteiger partial charge is 0.243 e. The van der Waals surface area contributed by atoms with E-state index in [0.717, 1.165) is 27.9 Å². The standard InChI is InChI=1S/C26H37N3O3S/c1-18(2)22-8-7-9-23(19(3)4)26(22)27-25(30)17-28-12-14-29(15-13-28)33(31,32)24-11-10-20(5)16-21(24)6/h7-11,16,18-19H,12-15,17H2,1-6H3,(H,27,30). The van der Waals surface area contributed by atoms with Gasteiger partial charge in [-0.15, -0.1) is 0 Å². The van der Waals surface area contributed by atoms with Gasteiger partial charge in [-0.25, -0.2) is 8.42 Å². The van der Waals surface area contributed by atoms with E-state index in [2.05, 4.69) is 51.2 Å². The molecule has 1 fully saturated rings. The van der Waals surface area contributed by atoms with Gasteiger partial charge >= 0.3 is 0 Å². The Hall–Kier alpha value is -2.22. The Bertz CT molecular complexity index is 1080. The van der Waals surface area contributed by atoms with Crippen LogP contribution in [0.1, 0.15) is 61.8 Å². The number of amides is 1. The Kier molecular flexibility index (Phi) is 7.98. The van der Waals surface area contributed by atoms with E-state index in [1.165, 1.54) is 4.31 Å². The van der Waals surface area contributed by atoms with Crippen molar-refractivity contribution in [3.8, 4) is 0 Å². The van der Waals surface area contributed by atoms with E-state index in [-0.39, 0.29) is 12.5 Å². The monoisotopic (exact) mass is 471 g/mol. The van der Waals surface area contributed by atoms with Crippen molar-refractivity contribution < 1.29 is 13.2 Å². The molecule has 0 bridgehead atoms. The summed E-state index contributed by atoms with van der Waals surface area (Å²) in [5.41, 5.74) is 5.00. The van der Waals surface area contributed by atoms with Crippen LogP contribution in [0.15, 0.2) is 41.3 Å². The van der Waals surface area contributed by atoms with Gasteiger partial charge in [0.05, 0.1) is 11.4 Å². The highest BCUT2D eigenvalue weighted by Gasteiger charge is 2.30. The molecule has 33 heavy (non-hydrogen) atoms. The van der Waals surface area contributed by atoms with E-state index in [0.29, 0.717) is 42.9 Å². The van der Waals surface area contributed by atoms with Crippen molar-refractivity contribution in [1.82, 2.24) is 9.21 Å². The van der Waals surface area contributed by atoms with Crippen molar-refractivity contribution in [2.45, 2.75) is 58.3 Å². The van der Waals surface area contributed by atoms with E-state index in [9.17, 15) is 13.2 Å². The van der Waals surface area contributed by atoms with Crippen molar-refractivity contribution in [1.29, 1.82) is 0 Å². The third-order valence-electron chi connectivity index (χ3n) is 6.28. The fourth-order valence-electron chi connectivity index (χ4n) is 4.43. The molecule has 7 heteroatoms. The SMILES string of the molecule is Cc1ccc(S(=O)(=O)N2CCN(CC(=O)Nc3c(C(C)C)cccc3C(C)C)CC2)c(C)c1. The molecule has 6 nitrogen and oxygen atoms in total. The number of nitrogens with zero attached hydrogens (tertiary/aromatic N) is 2. The lowest BCUT2D eigenvalue weighted by atomic mass is 9.92. The lowest BCUT2D eigenvalue weighted by molar-refractivity contribution is -0.117. The number of hydrogen-bond acceptors (Lipinski definition) is 4. The minimum absolute atomic E-state index is 0.0595. The van der Waals surface area contributed by atoms with Crippen molar-refractivity contribution in [3.05, 3.63) is 58.7 Å². The molecule has 1 N–H and O–H groups in total. The number of piperazine rings is 1. The molecule has 0 atom stereocenters. The highest BCUT2D eigenvalue weighted by molar-refractivity contribution is 7.89. The van der Waals surface area contributed by atoms with Crippen molar-refractivity contribution in [2.75, 3.05) is 38.0 Å². The fourth-order valence-corrected chi connectivity index (χ4v) is 6.06. The van der Waals surface area contributed by atoms with Gasteiger partial charge in [0, 0.05) is 31.9 Å². The van der Waals surface area contributed by atoms with Crippen LogP contribution in [-0.4, -0.2) is 56.3 Å². The molecule has 1 aliphatic heterocycles. The third-order valence-corrected chi connectivity index (χ3v) is 8.34. The number of anilines is 1. The minimum Gasteiger partial charge on any atom is -0.324 e. The first kappa shape index (κ1) is 25.4. The summed E-state index contributed by atoms with van der Waals surface area (Å²) in [6.45, 7) is 14.4. The van der Waals surface area contributed by atoms with Crippen LogP contribution in [0.25, 0.3) is 0 Å². The number of rotatable bonds is 7. The second-order valence-corrected chi connectivity index (χ2v) is 11.5. The lowest BCUT2D eigenvalue weighted by Crippen LogP contribution is -2.50. The number of carbonyl (C=O) groups is 1. The first-order valence-electron chi connectivity index (χ1n) is 11.7. The lowest BCUT2D eigenvalue weighted by Gasteiger charge is -2.34. The van der Waals surface area contributed by atoms with Gasteiger partial charge in [0.2, 0.25) is 15.9 Å². The number of para-hydroxylation sites is 1. The zero-order chi connectivity index (χ0) is 24.3. The Morgan fingerprint density at radius 3 is 2.03 bits per heavy atom. The highest BCUT2D eigenvalue weighted by Crippen LogP contribution is 2.32. The number of carbonyl (C=O) groups excluding carboxylic acids is 1. The summed E-state index contributed by atoms with van der Waals surface area (Å²) in [5.74, 6) is 0.548. The van der Waals surface area contributed by atoms with Crippen molar-refractivity contribution in [3.63, 3.8) is 0 Å². The maximum Gasteiger partial charge on any atom is 0.243 e. The predicted molar refractivity (Wildman–Crippen MR) is 134 cm³/mol. The molecule has 2 aromatic carbocycles. The first-order chi connectivity index (χ1) is 15.5. The average molecular weight is 472 g/mol. The fraction of sp³-hybridized carbons (Fsp3) is 0.500. The molecule has 0 aromatic heterocycles. The van der Waals surface area contributed by atoms with E-state index in [1.54, 1.807) is 6.07 Å². The molecular formula is C26H37N3O3S. The number of benzene rings is 2. The molecule has 0 unspecified atom stereocenters. The van der Waals surface area contributed by atoms with Gasteiger partial charge < -0.3 is 5.32 Å². The summed E-state index contributed by atoms with van der Waals surface area (Å²) in [6.07, 6.45) is 0. The Balaban J connectivity index is 1.65. The molecule has 1 aliphatic rings. The van der Waals surface area contributed by atoms with Gasteiger partial charge in [0.15, 0.2) is 0 Å². The maximum absolute atomic E-state index is 13.1. The van der Waals surface area contributed by atoms with E-state index in [1.807, 2.05) is 30.9 Å². The molecule has 180 valence electrons. The van der Waals surface area contributed by atoms with Crippen LogP contribution in [-0.2, 0) is 14.8 Å². The Morgan fingerprint density at radius 1 is 0.939 bits per heavy atom. The van der Waals surface area contributed by atoms with Crippen LogP contribution in [0.4, 0.5) is 5.69 Å². The molecule has 0 radical (unpaired) electrons. The van der Waals surface area contributed by atoms with Gasteiger partial charge in [0.25, 0.3) is 0 Å². The molecule has 2 aromatic rings. The Labute approximate surface area is 199 Å². The normalized spacial score (nSPS) is 15.9. The number of aryl methyl sites for hydroxylation is 2. The molecule has 1 amide bonds. The summed E-state index contributed by atoms with van der Waals surface area (Å²) in [5, 5.41) is 3.16. The summed E-state index contributed by atoms with van der Waals surface area (Å²) in [7, 11) is -3.53. The molecule has 0 saturated carbocycles. The van der Waals surface area contributed by atoms with E-state index >= 15 is 0 Å². The molecule has 0 aliphatic carbocycles. The molecule has 3 rings (SSSR count). The molecular weight excluding hydrogens is 434 g/mol. The van der Waals surface area contributed by atoms with Gasteiger partial charge in [-0.05, 0) is 48.4 Å². The van der Waals surface area contributed by atoms with Crippen LogP contribution in [0.3, 0.4) is 0 Å². The third kappa shape index (κ3) is 5.83. The number of hydrogen-bond donors (Lipinski definition) is 1. The second-order valence-electron chi connectivity index (χ2n) is 9.62. The summed E-state index contributed by atoms with van der Waals surface area (Å²) < 4.78 is 27.8. The van der Waals surface area contributed by atoms with Gasteiger partial charge in [-0.2, -0.15) is 4.31 Å². The minimum atomic E-state index is -3.53. The van der Waals surface area contributed by atoms with Crippen LogP contribution < -0.4 is 5.32 Å². The quantitative estimate of drug-likeness (QED) is 0.646. The van der Waals surface area contributed by atoms with Gasteiger partial charge in [-0.3, -0.25) is 9.69 Å². The number of nitrogens with one attached hydrogen (secondary N) is 1. The van der Waals surface area contributed by atoms with Crippen molar-refractivity contribution in [2.24, 2.45) is 0 Å². The van der Waals surface area contributed by atoms with Crippen LogP contribution in [0.5, 0.6) is 0 Å². The van der Waals surface area contributed by atoms with Crippen LogP contribution in [0, 0.1) is 13.8 Å². The Morgan fingerprint density at radius 2 is 1.52 bits per heavy atom. The number of sulfonamides is 1. The summed E-state index contributed by atoms with van der Waals surface area (Å²) in [6, 6.07) is 11.6. The van der Waals surface area contributed by atoms with Gasteiger partial charge in [-0.1, -0.05) is 63.6 Å². The molecule has 1 heterocycles. The first-order valence-corrected chi connectivity index (χ1v) is 13.2. The highest BCUT2D eigenvalue weighted by atomic mass is 32.2. The second kappa shape index (κ2) is 10.4. The maximum atomic E-state index is 13.1. The average Bonchev–Trinajstić information content (AvgIpc) is 2.73. The van der Waals surface area contributed by atoms with E-state index < -0.39 is 10.0 Å². The molecule has 0 spiro atoms. The molecule has 1 saturated heterocycles. The zero-order valence-corrected chi connectivity index (χ0v) is 21.5. The van der Waals surface area contributed by atoms with Crippen LogP contribution >= 0.6 is 0 Å². The summed E-state index contributed by atoms with van der Waals surface area (Å²) >= 11 is 0. The summed E-state index contributed by atoms with van der Waals surface area (Å²) in [4.78, 5) is 15.3. The zero-order valence-electron chi connectivity index (χ0n) is 20.7. The topological polar surface area (TPSA) is 69.7 Å². The van der Waals surface area contributed by atoms with Gasteiger partial charge in [0.1, 0.15) is 0 Å². The largest absolute Gasteiger partial charge is 0.324 e. The predicted octanol–water partition coefficient (Wildman–Crippen LogP) is 4.50. The van der Waals surface area contributed by atoms with Crippen LogP contribution in [0.2, 0.25) is 0 Å². The van der Waals surface area contributed by atoms with E-state index in [4.69, 9.17) is 0 Å². The van der Waals surface area contributed by atoms with Crippen molar-refractivity contribution >= 4 is 21.6 Å².